The van der Waals surface area contributed by atoms with E-state index in [2.05, 4.69) is 43.0 Å². The van der Waals surface area contributed by atoms with Crippen LogP contribution >= 0.6 is 0 Å². The van der Waals surface area contributed by atoms with Crippen LogP contribution in [-0.4, -0.2) is 0 Å². The molecule has 0 radical (unpaired) electrons. The summed E-state index contributed by atoms with van der Waals surface area (Å²) in [5.41, 5.74) is 7.36. The van der Waals surface area contributed by atoms with Crippen molar-refractivity contribution in [3.8, 4) is 23.0 Å². The summed E-state index contributed by atoms with van der Waals surface area (Å²) in [6.45, 7) is 2.19. The fourth-order valence-corrected chi connectivity index (χ4v) is 3.74. The van der Waals surface area contributed by atoms with Gasteiger partial charge < -0.3 is 0 Å². The van der Waals surface area contributed by atoms with E-state index in [1.807, 2.05) is 12.1 Å². The van der Waals surface area contributed by atoms with Crippen LogP contribution in [0.15, 0.2) is 48.5 Å². The van der Waals surface area contributed by atoms with Crippen molar-refractivity contribution in [1.29, 1.82) is 0 Å². The number of hydrogen-bond donors (Lipinski definition) is 0. The van der Waals surface area contributed by atoms with Gasteiger partial charge in [-0.05, 0) is 71.3 Å². The fourth-order valence-electron chi connectivity index (χ4n) is 3.74. The van der Waals surface area contributed by atoms with Crippen molar-refractivity contribution in [3.63, 3.8) is 0 Å². The maximum absolute atomic E-state index is 13.3. The highest BCUT2D eigenvalue weighted by atomic mass is 19.2. The molecule has 0 saturated carbocycles. The van der Waals surface area contributed by atoms with Crippen LogP contribution < -0.4 is 0 Å². The fraction of sp³-hybridized carbons (Fsp3) is 0.200. The molecule has 0 heterocycles. The van der Waals surface area contributed by atoms with Crippen molar-refractivity contribution in [1.82, 2.24) is 0 Å². The normalized spacial score (nSPS) is 12.0. The maximum Gasteiger partial charge on any atom is 0.194 e. The molecule has 0 fully saturated rings. The number of rotatable bonds is 2. The van der Waals surface area contributed by atoms with E-state index in [1.165, 1.54) is 27.8 Å². The van der Waals surface area contributed by atoms with Crippen molar-refractivity contribution in [2.45, 2.75) is 32.6 Å². The summed E-state index contributed by atoms with van der Waals surface area (Å²) >= 11 is 0. The third-order valence-corrected chi connectivity index (χ3v) is 5.10. The second-order valence-electron chi connectivity index (χ2n) is 7.12. The van der Waals surface area contributed by atoms with E-state index in [-0.39, 0.29) is 5.56 Å². The Balaban J connectivity index is 1.64. The van der Waals surface area contributed by atoms with Crippen LogP contribution in [0.25, 0.3) is 11.1 Å². The lowest BCUT2D eigenvalue weighted by Gasteiger charge is -2.21. The van der Waals surface area contributed by atoms with Gasteiger partial charge >= 0.3 is 0 Å². The molecular formula is C25H19F3. The number of benzene rings is 3. The highest BCUT2D eigenvalue weighted by Gasteiger charge is 2.16. The Morgan fingerprint density at radius 1 is 0.750 bits per heavy atom. The van der Waals surface area contributed by atoms with E-state index in [9.17, 15) is 13.2 Å². The minimum absolute atomic E-state index is 0.114. The van der Waals surface area contributed by atoms with Crippen LogP contribution in [-0.2, 0) is 19.3 Å². The summed E-state index contributed by atoms with van der Waals surface area (Å²) in [6, 6.07) is 14.5. The minimum Gasteiger partial charge on any atom is -0.204 e. The van der Waals surface area contributed by atoms with Crippen molar-refractivity contribution >= 4 is 0 Å². The van der Waals surface area contributed by atoms with Gasteiger partial charge in [0.25, 0.3) is 0 Å². The van der Waals surface area contributed by atoms with Crippen LogP contribution in [0.1, 0.15) is 41.2 Å². The molecule has 0 unspecified atom stereocenters. The van der Waals surface area contributed by atoms with Crippen LogP contribution in [0.4, 0.5) is 13.2 Å². The Bertz CT molecular complexity index is 1090. The van der Waals surface area contributed by atoms with Gasteiger partial charge in [0, 0.05) is 11.1 Å². The maximum atomic E-state index is 13.3. The molecule has 1 aliphatic rings. The second-order valence-corrected chi connectivity index (χ2v) is 7.12. The lowest BCUT2D eigenvalue weighted by Crippen LogP contribution is -2.05. The van der Waals surface area contributed by atoms with E-state index in [1.54, 1.807) is 0 Å². The third kappa shape index (κ3) is 3.55. The number of halogens is 3. The minimum atomic E-state index is -1.47. The zero-order valence-corrected chi connectivity index (χ0v) is 15.6. The van der Waals surface area contributed by atoms with Gasteiger partial charge in [0.2, 0.25) is 0 Å². The number of aryl methyl sites for hydroxylation is 3. The molecule has 3 aromatic carbocycles. The third-order valence-electron chi connectivity index (χ3n) is 5.10. The molecule has 28 heavy (non-hydrogen) atoms. The summed E-state index contributed by atoms with van der Waals surface area (Å²) in [5, 5.41) is 0. The average molecular weight is 376 g/mol. The van der Waals surface area contributed by atoms with E-state index in [0.717, 1.165) is 43.4 Å². The van der Waals surface area contributed by atoms with Gasteiger partial charge in [0.1, 0.15) is 0 Å². The molecule has 0 saturated heterocycles. The molecule has 0 aromatic heterocycles. The molecular weight excluding hydrogens is 357 g/mol. The van der Waals surface area contributed by atoms with E-state index in [4.69, 9.17) is 0 Å². The van der Waals surface area contributed by atoms with Gasteiger partial charge in [-0.15, -0.1) is 0 Å². The van der Waals surface area contributed by atoms with Crippen molar-refractivity contribution < 1.29 is 13.2 Å². The van der Waals surface area contributed by atoms with Crippen molar-refractivity contribution in [3.05, 3.63) is 93.8 Å². The SMILES string of the molecule is CCCc1ccc2c(c1)CCc1cc(C#Cc3cc(F)c(F)c(F)c3)ccc1-2. The first-order valence-corrected chi connectivity index (χ1v) is 9.47. The highest BCUT2D eigenvalue weighted by molar-refractivity contribution is 5.74. The van der Waals surface area contributed by atoms with Crippen molar-refractivity contribution in [2.75, 3.05) is 0 Å². The smallest absolute Gasteiger partial charge is 0.194 e. The molecule has 0 nitrogen and oxygen atoms in total. The zero-order chi connectivity index (χ0) is 19.7. The van der Waals surface area contributed by atoms with Crippen LogP contribution in [0.3, 0.4) is 0 Å². The summed E-state index contributed by atoms with van der Waals surface area (Å²) in [6.07, 6.45) is 4.16. The molecule has 0 aliphatic heterocycles. The van der Waals surface area contributed by atoms with Gasteiger partial charge in [0.05, 0.1) is 0 Å². The summed E-state index contributed by atoms with van der Waals surface area (Å²) in [4.78, 5) is 0. The summed E-state index contributed by atoms with van der Waals surface area (Å²) in [5.74, 6) is 1.72. The Morgan fingerprint density at radius 3 is 2.04 bits per heavy atom. The van der Waals surface area contributed by atoms with Gasteiger partial charge in [-0.3, -0.25) is 0 Å². The second kappa shape index (κ2) is 7.56. The van der Waals surface area contributed by atoms with Crippen LogP contribution in [0.2, 0.25) is 0 Å². The van der Waals surface area contributed by atoms with Gasteiger partial charge in [-0.25, -0.2) is 13.2 Å². The lowest BCUT2D eigenvalue weighted by atomic mass is 9.84. The summed E-state index contributed by atoms with van der Waals surface area (Å²) < 4.78 is 39.7. The first-order chi connectivity index (χ1) is 13.5. The molecule has 3 aromatic rings. The van der Waals surface area contributed by atoms with Gasteiger partial charge in [0.15, 0.2) is 17.5 Å². The Morgan fingerprint density at radius 2 is 1.36 bits per heavy atom. The standard InChI is InChI=1S/C25H19F3/c1-2-3-16-6-10-21-19(12-16)8-9-20-13-17(7-11-22(20)21)4-5-18-14-23(26)25(28)24(27)15-18/h6-7,10-15H,2-3,8-9H2,1H3. The molecule has 0 atom stereocenters. The molecule has 140 valence electrons. The molecule has 0 spiro atoms. The van der Waals surface area contributed by atoms with Crippen LogP contribution in [0.5, 0.6) is 0 Å². The highest BCUT2D eigenvalue weighted by Crippen LogP contribution is 2.34. The Kier molecular flexibility index (Phi) is 4.96. The number of hydrogen-bond acceptors (Lipinski definition) is 0. The first-order valence-electron chi connectivity index (χ1n) is 9.47. The van der Waals surface area contributed by atoms with Crippen LogP contribution in [0, 0.1) is 29.3 Å². The predicted molar refractivity (Wildman–Crippen MR) is 106 cm³/mol. The zero-order valence-electron chi connectivity index (χ0n) is 15.6. The average Bonchev–Trinajstić information content (AvgIpc) is 2.70. The van der Waals surface area contributed by atoms with Crippen molar-refractivity contribution in [2.24, 2.45) is 0 Å². The molecule has 1 aliphatic carbocycles. The summed E-state index contributed by atoms with van der Waals surface area (Å²) in [7, 11) is 0. The Labute approximate surface area is 163 Å². The molecule has 0 N–H and O–H groups in total. The largest absolute Gasteiger partial charge is 0.204 e. The molecule has 0 bridgehead atoms. The predicted octanol–water partition coefficient (Wildman–Crippen LogP) is 6.22. The molecule has 0 amide bonds. The molecule has 3 heteroatoms. The van der Waals surface area contributed by atoms with Gasteiger partial charge in [-0.1, -0.05) is 49.5 Å². The monoisotopic (exact) mass is 376 g/mol. The topological polar surface area (TPSA) is 0 Å². The Hall–Kier alpha value is -2.99. The lowest BCUT2D eigenvalue weighted by molar-refractivity contribution is 0.446. The van der Waals surface area contributed by atoms with E-state index < -0.39 is 17.5 Å². The first kappa shape index (κ1) is 18.4. The molecule has 4 rings (SSSR count). The number of fused-ring (bicyclic) bond motifs is 3. The van der Waals surface area contributed by atoms with E-state index in [0.29, 0.717) is 0 Å². The van der Waals surface area contributed by atoms with E-state index >= 15 is 0 Å². The van der Waals surface area contributed by atoms with Gasteiger partial charge in [-0.2, -0.15) is 0 Å². The quantitative estimate of drug-likeness (QED) is 0.368.